The summed E-state index contributed by atoms with van der Waals surface area (Å²) in [5.74, 6) is 0.0651. The zero-order valence-electron chi connectivity index (χ0n) is 16.1. The SMILES string of the molecule is Cc1cc(NC(=O)CCNC(=O)c2cc(F)ccc2Br)ccc1Oc1cccnc1. The van der Waals surface area contributed by atoms with Crippen LogP contribution >= 0.6 is 15.9 Å². The average Bonchev–Trinajstić information content (AvgIpc) is 2.72. The number of hydrogen-bond acceptors (Lipinski definition) is 4. The molecule has 0 atom stereocenters. The van der Waals surface area contributed by atoms with E-state index < -0.39 is 11.7 Å². The van der Waals surface area contributed by atoms with Gasteiger partial charge in [0.2, 0.25) is 5.91 Å². The van der Waals surface area contributed by atoms with E-state index in [0.29, 0.717) is 21.7 Å². The summed E-state index contributed by atoms with van der Waals surface area (Å²) in [6.45, 7) is 1.99. The number of aromatic nitrogens is 1. The van der Waals surface area contributed by atoms with Crippen LogP contribution in [0.25, 0.3) is 0 Å². The smallest absolute Gasteiger partial charge is 0.252 e. The maximum atomic E-state index is 13.3. The molecule has 0 aliphatic heterocycles. The highest BCUT2D eigenvalue weighted by molar-refractivity contribution is 9.10. The normalized spacial score (nSPS) is 10.4. The van der Waals surface area contributed by atoms with Crippen LogP contribution in [0, 0.1) is 12.7 Å². The van der Waals surface area contributed by atoms with E-state index in [1.165, 1.54) is 12.1 Å². The second-order valence-electron chi connectivity index (χ2n) is 6.45. The van der Waals surface area contributed by atoms with E-state index in [2.05, 4.69) is 31.5 Å². The van der Waals surface area contributed by atoms with Gasteiger partial charge in [0, 0.05) is 29.3 Å². The number of amides is 2. The summed E-state index contributed by atoms with van der Waals surface area (Å²) in [5, 5.41) is 5.39. The predicted octanol–water partition coefficient (Wildman–Crippen LogP) is 4.84. The summed E-state index contributed by atoms with van der Waals surface area (Å²) in [6, 6.07) is 12.7. The minimum atomic E-state index is -0.507. The first kappa shape index (κ1) is 21.4. The van der Waals surface area contributed by atoms with Gasteiger partial charge in [-0.3, -0.25) is 14.6 Å². The van der Waals surface area contributed by atoms with Crippen LogP contribution in [0.2, 0.25) is 0 Å². The molecule has 0 saturated heterocycles. The van der Waals surface area contributed by atoms with E-state index in [-0.39, 0.29) is 24.4 Å². The molecule has 1 aromatic heterocycles. The third kappa shape index (κ3) is 5.87. The van der Waals surface area contributed by atoms with Crippen molar-refractivity contribution in [1.29, 1.82) is 0 Å². The topological polar surface area (TPSA) is 80.3 Å². The second-order valence-corrected chi connectivity index (χ2v) is 7.30. The molecule has 3 rings (SSSR count). The van der Waals surface area contributed by atoms with Gasteiger partial charge in [0.15, 0.2) is 0 Å². The van der Waals surface area contributed by atoms with Crippen molar-refractivity contribution < 1.29 is 18.7 Å². The number of ether oxygens (including phenoxy) is 1. The van der Waals surface area contributed by atoms with Crippen molar-refractivity contribution in [3.05, 3.63) is 82.3 Å². The molecule has 0 aliphatic carbocycles. The van der Waals surface area contributed by atoms with Crippen molar-refractivity contribution in [2.24, 2.45) is 0 Å². The second kappa shape index (κ2) is 9.98. The van der Waals surface area contributed by atoms with Crippen LogP contribution in [-0.4, -0.2) is 23.3 Å². The highest BCUT2D eigenvalue weighted by atomic mass is 79.9. The van der Waals surface area contributed by atoms with Gasteiger partial charge in [0.1, 0.15) is 17.3 Å². The largest absolute Gasteiger partial charge is 0.455 e. The molecular formula is C22H19BrFN3O3. The Labute approximate surface area is 181 Å². The predicted molar refractivity (Wildman–Crippen MR) is 115 cm³/mol. The number of hydrogen-bond donors (Lipinski definition) is 2. The summed E-state index contributed by atoms with van der Waals surface area (Å²) in [5.41, 5.74) is 1.64. The maximum absolute atomic E-state index is 13.3. The van der Waals surface area contributed by atoms with Gasteiger partial charge in [0.05, 0.1) is 11.8 Å². The Hall–Kier alpha value is -3.26. The van der Waals surface area contributed by atoms with E-state index in [0.717, 1.165) is 11.6 Å². The number of carbonyl (C=O) groups is 2. The molecule has 8 heteroatoms. The van der Waals surface area contributed by atoms with E-state index in [1.54, 1.807) is 42.7 Å². The van der Waals surface area contributed by atoms with Gasteiger partial charge in [-0.25, -0.2) is 4.39 Å². The van der Waals surface area contributed by atoms with Crippen molar-refractivity contribution in [2.45, 2.75) is 13.3 Å². The first-order valence-electron chi connectivity index (χ1n) is 9.14. The number of nitrogens with one attached hydrogen (secondary N) is 2. The number of carbonyl (C=O) groups excluding carboxylic acids is 2. The van der Waals surface area contributed by atoms with Crippen molar-refractivity contribution in [2.75, 3.05) is 11.9 Å². The Morgan fingerprint density at radius 3 is 2.73 bits per heavy atom. The fourth-order valence-electron chi connectivity index (χ4n) is 2.66. The lowest BCUT2D eigenvalue weighted by molar-refractivity contribution is -0.116. The molecule has 0 fully saturated rings. The molecule has 0 bridgehead atoms. The van der Waals surface area contributed by atoms with Gasteiger partial charge in [-0.15, -0.1) is 0 Å². The number of halogens is 2. The number of benzene rings is 2. The summed E-state index contributed by atoms with van der Waals surface area (Å²) in [6.07, 6.45) is 3.36. The average molecular weight is 472 g/mol. The minimum absolute atomic E-state index is 0.0751. The van der Waals surface area contributed by atoms with Gasteiger partial charge in [-0.1, -0.05) is 0 Å². The third-order valence-corrected chi connectivity index (χ3v) is 4.82. The van der Waals surface area contributed by atoms with Crippen LogP contribution in [-0.2, 0) is 4.79 Å². The third-order valence-electron chi connectivity index (χ3n) is 4.13. The number of anilines is 1. The van der Waals surface area contributed by atoms with Crippen LogP contribution in [0.5, 0.6) is 11.5 Å². The number of nitrogens with zero attached hydrogens (tertiary/aromatic N) is 1. The molecule has 2 amide bonds. The van der Waals surface area contributed by atoms with E-state index in [4.69, 9.17) is 4.74 Å². The van der Waals surface area contributed by atoms with E-state index >= 15 is 0 Å². The van der Waals surface area contributed by atoms with Crippen LogP contribution < -0.4 is 15.4 Å². The Kier molecular flexibility index (Phi) is 7.13. The summed E-state index contributed by atoms with van der Waals surface area (Å²) >= 11 is 3.21. The van der Waals surface area contributed by atoms with Crippen molar-refractivity contribution >= 4 is 33.4 Å². The summed E-state index contributed by atoms with van der Waals surface area (Å²) in [7, 11) is 0. The minimum Gasteiger partial charge on any atom is -0.455 e. The molecule has 2 aromatic carbocycles. The molecular weight excluding hydrogens is 453 g/mol. The van der Waals surface area contributed by atoms with Crippen LogP contribution in [0.1, 0.15) is 22.3 Å². The van der Waals surface area contributed by atoms with Gasteiger partial charge in [-0.2, -0.15) is 0 Å². The lowest BCUT2D eigenvalue weighted by Crippen LogP contribution is -2.28. The number of rotatable bonds is 7. The van der Waals surface area contributed by atoms with E-state index in [9.17, 15) is 14.0 Å². The quantitative estimate of drug-likeness (QED) is 0.516. The molecule has 2 N–H and O–H groups in total. The van der Waals surface area contributed by atoms with E-state index in [1.807, 2.05) is 6.92 Å². The van der Waals surface area contributed by atoms with Crippen molar-refractivity contribution in [3.63, 3.8) is 0 Å². The Balaban J connectivity index is 1.50. The Bertz CT molecular complexity index is 1060. The molecule has 3 aromatic rings. The first-order valence-corrected chi connectivity index (χ1v) is 9.93. The lowest BCUT2D eigenvalue weighted by atomic mass is 10.2. The fourth-order valence-corrected chi connectivity index (χ4v) is 3.08. The molecule has 0 aliphatic rings. The van der Waals surface area contributed by atoms with Gasteiger partial charge < -0.3 is 15.4 Å². The maximum Gasteiger partial charge on any atom is 0.252 e. The summed E-state index contributed by atoms with van der Waals surface area (Å²) < 4.78 is 19.6. The molecule has 0 unspecified atom stereocenters. The molecule has 154 valence electrons. The highest BCUT2D eigenvalue weighted by Crippen LogP contribution is 2.26. The highest BCUT2D eigenvalue weighted by Gasteiger charge is 2.12. The lowest BCUT2D eigenvalue weighted by Gasteiger charge is -2.11. The molecule has 30 heavy (non-hydrogen) atoms. The molecule has 0 spiro atoms. The summed E-state index contributed by atoms with van der Waals surface area (Å²) in [4.78, 5) is 28.3. The van der Waals surface area contributed by atoms with Gasteiger partial charge >= 0.3 is 0 Å². The molecule has 1 heterocycles. The standard InChI is InChI=1S/C22H19BrFN3O3/c1-14-11-16(5-7-20(14)30-17-3-2-9-25-13-17)27-21(28)8-10-26-22(29)18-12-15(24)4-6-19(18)23/h2-7,9,11-13H,8,10H2,1H3,(H,26,29)(H,27,28). The van der Waals surface area contributed by atoms with Crippen LogP contribution in [0.4, 0.5) is 10.1 Å². The van der Waals surface area contributed by atoms with Crippen LogP contribution in [0.15, 0.2) is 65.4 Å². The van der Waals surface area contributed by atoms with Gasteiger partial charge in [0.25, 0.3) is 5.91 Å². The van der Waals surface area contributed by atoms with Crippen molar-refractivity contribution in [3.8, 4) is 11.5 Å². The monoisotopic (exact) mass is 471 g/mol. The van der Waals surface area contributed by atoms with Crippen LogP contribution in [0.3, 0.4) is 0 Å². The number of pyridine rings is 1. The molecule has 0 radical (unpaired) electrons. The Morgan fingerprint density at radius 2 is 2.00 bits per heavy atom. The zero-order chi connectivity index (χ0) is 21.5. The molecule has 6 nitrogen and oxygen atoms in total. The molecule has 0 saturated carbocycles. The fraction of sp³-hybridized carbons (Fsp3) is 0.136. The van der Waals surface area contributed by atoms with Gasteiger partial charge in [-0.05, 0) is 76.9 Å². The first-order chi connectivity index (χ1) is 14.4. The van der Waals surface area contributed by atoms with Crippen molar-refractivity contribution in [1.82, 2.24) is 10.3 Å². The number of aryl methyl sites for hydroxylation is 1. The Morgan fingerprint density at radius 1 is 1.17 bits per heavy atom. The zero-order valence-corrected chi connectivity index (χ0v) is 17.7.